The van der Waals surface area contributed by atoms with Crippen molar-refractivity contribution >= 4 is 16.6 Å². The maximum absolute atomic E-state index is 13.0. The van der Waals surface area contributed by atoms with E-state index in [1.807, 2.05) is 0 Å². The van der Waals surface area contributed by atoms with Gasteiger partial charge < -0.3 is 0 Å². The van der Waals surface area contributed by atoms with E-state index in [0.717, 1.165) is 19.3 Å². The first-order valence-corrected chi connectivity index (χ1v) is 9.44. The zero-order valence-corrected chi connectivity index (χ0v) is 14.3. The van der Waals surface area contributed by atoms with E-state index in [1.165, 1.54) is 40.3 Å². The Morgan fingerprint density at radius 2 is 1.96 bits per heavy atom. The normalized spacial score (nSPS) is 30.5. The van der Waals surface area contributed by atoms with Crippen LogP contribution in [-0.2, 0) is 24.1 Å². The average Bonchev–Trinajstić information content (AvgIpc) is 3.16. The summed E-state index contributed by atoms with van der Waals surface area (Å²) >= 11 is 0. The van der Waals surface area contributed by atoms with E-state index in [-0.39, 0.29) is 5.41 Å². The highest BCUT2D eigenvalue weighted by molar-refractivity contribution is 5.93. The minimum atomic E-state index is -0.0822. The molecule has 2 bridgehead atoms. The molecule has 1 spiro atoms. The molecule has 0 saturated heterocycles. The highest BCUT2D eigenvalue weighted by Crippen LogP contribution is 2.56. The van der Waals surface area contributed by atoms with Crippen LogP contribution in [0.15, 0.2) is 42.5 Å². The number of ketones is 1. The molecular formula is C23H24O. The number of fused-ring (bicyclic) bond motifs is 5. The zero-order valence-electron chi connectivity index (χ0n) is 14.3. The van der Waals surface area contributed by atoms with Crippen LogP contribution in [0.1, 0.15) is 42.9 Å². The molecule has 0 amide bonds. The maximum Gasteiger partial charge on any atom is 0.144 e. The van der Waals surface area contributed by atoms with Gasteiger partial charge in [-0.25, -0.2) is 0 Å². The van der Waals surface area contributed by atoms with Crippen LogP contribution in [-0.4, -0.2) is 5.78 Å². The van der Waals surface area contributed by atoms with Gasteiger partial charge in [0, 0.05) is 11.8 Å². The van der Waals surface area contributed by atoms with Gasteiger partial charge in [0.05, 0.1) is 0 Å². The van der Waals surface area contributed by atoms with Crippen molar-refractivity contribution in [3.8, 4) is 0 Å². The molecule has 122 valence electrons. The Kier molecular flexibility index (Phi) is 3.04. The molecule has 1 saturated carbocycles. The number of carbonyl (C=O) groups excluding carboxylic acids is 1. The van der Waals surface area contributed by atoms with Gasteiger partial charge in [-0.1, -0.05) is 55.8 Å². The molecule has 0 heterocycles. The van der Waals surface area contributed by atoms with Crippen molar-refractivity contribution in [2.45, 2.75) is 45.4 Å². The van der Waals surface area contributed by atoms with E-state index >= 15 is 0 Å². The summed E-state index contributed by atoms with van der Waals surface area (Å²) in [5.74, 6) is 1.64. The van der Waals surface area contributed by atoms with Crippen LogP contribution in [0.4, 0.5) is 0 Å². The Labute approximate surface area is 143 Å². The summed E-state index contributed by atoms with van der Waals surface area (Å²) in [5, 5.41) is 2.63. The van der Waals surface area contributed by atoms with Crippen molar-refractivity contribution in [2.75, 3.05) is 0 Å². The third-order valence-corrected chi connectivity index (χ3v) is 6.68. The fourth-order valence-electron chi connectivity index (χ4n) is 5.48. The van der Waals surface area contributed by atoms with E-state index < -0.39 is 0 Å². The molecule has 0 N–H and O–H groups in total. The third kappa shape index (κ3) is 1.97. The highest BCUT2D eigenvalue weighted by atomic mass is 16.1. The van der Waals surface area contributed by atoms with Gasteiger partial charge in [0.2, 0.25) is 0 Å². The predicted molar refractivity (Wildman–Crippen MR) is 98.1 cm³/mol. The Balaban J connectivity index is 1.59. The fourth-order valence-corrected chi connectivity index (χ4v) is 5.48. The first-order valence-electron chi connectivity index (χ1n) is 9.44. The topological polar surface area (TPSA) is 17.1 Å². The molecule has 3 unspecified atom stereocenters. The lowest BCUT2D eigenvalue weighted by atomic mass is 9.63. The summed E-state index contributed by atoms with van der Waals surface area (Å²) in [7, 11) is 0. The van der Waals surface area contributed by atoms with Gasteiger partial charge in [0.15, 0.2) is 0 Å². The predicted octanol–water partition coefficient (Wildman–Crippen LogP) is 5.04. The molecule has 2 aromatic carbocycles. The van der Waals surface area contributed by atoms with Crippen molar-refractivity contribution in [1.29, 1.82) is 0 Å². The second kappa shape index (κ2) is 5.05. The number of Topliss-reactive ketones (excluding diaryl/α,β-unsaturated/α-hetero) is 1. The third-order valence-electron chi connectivity index (χ3n) is 6.68. The van der Waals surface area contributed by atoms with E-state index in [9.17, 15) is 4.79 Å². The lowest BCUT2D eigenvalue weighted by molar-refractivity contribution is -0.130. The number of carbonyl (C=O) groups is 1. The number of aryl methyl sites for hydroxylation is 1. The molecule has 3 aliphatic rings. The zero-order chi connectivity index (χ0) is 16.3. The van der Waals surface area contributed by atoms with Crippen LogP contribution < -0.4 is 0 Å². The van der Waals surface area contributed by atoms with Crippen LogP contribution in [0.25, 0.3) is 10.8 Å². The number of rotatable bonds is 2. The minimum absolute atomic E-state index is 0.0822. The molecular weight excluding hydrogens is 292 g/mol. The number of allylic oxidation sites excluding steroid dienone is 2. The summed E-state index contributed by atoms with van der Waals surface area (Å²) in [5.41, 5.74) is 4.04. The van der Waals surface area contributed by atoms with Gasteiger partial charge in [-0.3, -0.25) is 4.79 Å². The van der Waals surface area contributed by atoms with E-state index in [0.29, 0.717) is 24.0 Å². The summed E-state index contributed by atoms with van der Waals surface area (Å²) in [6, 6.07) is 11.5. The summed E-state index contributed by atoms with van der Waals surface area (Å²) in [4.78, 5) is 13.0. The summed E-state index contributed by atoms with van der Waals surface area (Å²) < 4.78 is 0. The monoisotopic (exact) mass is 316 g/mol. The molecule has 1 nitrogen and oxygen atoms in total. The molecule has 0 radical (unpaired) electrons. The van der Waals surface area contributed by atoms with Crippen LogP contribution in [0, 0.1) is 17.3 Å². The van der Waals surface area contributed by atoms with Crippen molar-refractivity contribution in [3.63, 3.8) is 0 Å². The van der Waals surface area contributed by atoms with Gasteiger partial charge >= 0.3 is 0 Å². The number of benzene rings is 2. The minimum Gasteiger partial charge on any atom is -0.299 e. The second-order valence-corrected chi connectivity index (χ2v) is 8.18. The van der Waals surface area contributed by atoms with Gasteiger partial charge in [-0.2, -0.15) is 0 Å². The van der Waals surface area contributed by atoms with Crippen LogP contribution in [0.2, 0.25) is 0 Å². The number of hydrogen-bond acceptors (Lipinski definition) is 1. The van der Waals surface area contributed by atoms with E-state index in [1.54, 1.807) is 0 Å². The highest BCUT2D eigenvalue weighted by Gasteiger charge is 2.54. The van der Waals surface area contributed by atoms with Gasteiger partial charge in [-0.05, 0) is 65.0 Å². The Morgan fingerprint density at radius 3 is 2.71 bits per heavy atom. The maximum atomic E-state index is 13.0. The quantitative estimate of drug-likeness (QED) is 0.709. The van der Waals surface area contributed by atoms with E-state index in [2.05, 4.69) is 49.4 Å². The lowest BCUT2D eigenvalue weighted by Gasteiger charge is -2.38. The van der Waals surface area contributed by atoms with Crippen LogP contribution in [0.5, 0.6) is 0 Å². The fraction of sp³-hybridized carbons (Fsp3) is 0.435. The molecule has 2 aromatic rings. The molecule has 1 heteroatoms. The first kappa shape index (κ1) is 14.5. The Bertz CT molecular complexity index is 875. The van der Waals surface area contributed by atoms with Gasteiger partial charge in [0.25, 0.3) is 0 Å². The molecule has 0 aromatic heterocycles. The average molecular weight is 316 g/mol. The first-order chi connectivity index (χ1) is 11.7. The molecule has 1 fully saturated rings. The summed E-state index contributed by atoms with van der Waals surface area (Å²) in [6.07, 6.45) is 10.9. The molecule has 0 aliphatic heterocycles. The SMILES string of the molecule is CCCc1ccc2cc3c(cc2c1)CC1(CC2C=CC1C2)C(=O)C3. The van der Waals surface area contributed by atoms with Crippen molar-refractivity contribution in [1.82, 2.24) is 0 Å². The molecule has 5 rings (SSSR count). The lowest BCUT2D eigenvalue weighted by Crippen LogP contribution is -2.41. The Hall–Kier alpha value is -1.89. The smallest absolute Gasteiger partial charge is 0.144 e. The standard InChI is InChI=1S/C23H24O/c1-2-3-15-4-6-17-10-19-12-22(24)23(13-16-5-7-21(23)9-16)14-20(19)11-18(17)8-15/h4-8,10-11,16,21H,2-3,9,12-14H2,1H3. The largest absolute Gasteiger partial charge is 0.299 e. The van der Waals surface area contributed by atoms with E-state index in [4.69, 9.17) is 0 Å². The van der Waals surface area contributed by atoms with Crippen molar-refractivity contribution in [2.24, 2.45) is 17.3 Å². The van der Waals surface area contributed by atoms with Crippen molar-refractivity contribution < 1.29 is 4.79 Å². The Morgan fingerprint density at radius 1 is 1.08 bits per heavy atom. The molecule has 3 atom stereocenters. The second-order valence-electron chi connectivity index (χ2n) is 8.18. The van der Waals surface area contributed by atoms with Gasteiger partial charge in [-0.15, -0.1) is 0 Å². The van der Waals surface area contributed by atoms with Gasteiger partial charge in [0.1, 0.15) is 5.78 Å². The van der Waals surface area contributed by atoms with Crippen molar-refractivity contribution in [3.05, 3.63) is 59.2 Å². The van der Waals surface area contributed by atoms with Crippen LogP contribution >= 0.6 is 0 Å². The molecule has 24 heavy (non-hydrogen) atoms. The summed E-state index contributed by atoms with van der Waals surface area (Å²) in [6.45, 7) is 2.23. The molecule has 3 aliphatic carbocycles. The van der Waals surface area contributed by atoms with Crippen LogP contribution in [0.3, 0.4) is 0 Å². The number of hydrogen-bond donors (Lipinski definition) is 0.